The lowest BCUT2D eigenvalue weighted by Gasteiger charge is -2.30. The fraction of sp³-hybridized carbons (Fsp3) is 0.348. The van der Waals surface area contributed by atoms with Crippen molar-refractivity contribution in [3.63, 3.8) is 0 Å². The van der Waals surface area contributed by atoms with Crippen LogP contribution < -0.4 is 0 Å². The summed E-state index contributed by atoms with van der Waals surface area (Å²) in [5, 5.41) is 9.64. The number of pyridine rings is 1. The van der Waals surface area contributed by atoms with Crippen molar-refractivity contribution in [3.05, 3.63) is 65.2 Å². The zero-order valence-electron chi connectivity index (χ0n) is 17.4. The van der Waals surface area contributed by atoms with Crippen molar-refractivity contribution in [1.82, 2.24) is 14.3 Å². The number of morpholine rings is 1. The number of imidazole rings is 1. The molecule has 1 saturated heterocycles. The van der Waals surface area contributed by atoms with Crippen molar-refractivity contribution in [2.45, 2.75) is 25.9 Å². The van der Waals surface area contributed by atoms with E-state index >= 15 is 0 Å². The number of fused-ring (bicyclic) bond motifs is 1. The molecule has 0 radical (unpaired) electrons. The molecule has 2 aromatic heterocycles. The van der Waals surface area contributed by atoms with Crippen LogP contribution in [0.5, 0.6) is 0 Å². The van der Waals surface area contributed by atoms with Crippen molar-refractivity contribution in [2.24, 2.45) is 0 Å². The molecule has 1 N–H and O–H groups in total. The highest BCUT2D eigenvalue weighted by molar-refractivity contribution is 5.73. The van der Waals surface area contributed by atoms with Crippen molar-refractivity contribution in [2.75, 3.05) is 26.7 Å². The predicted molar refractivity (Wildman–Crippen MR) is 113 cm³/mol. The molecular weight excluding hydrogens is 407 g/mol. The first-order valence-electron chi connectivity index (χ1n) is 10.0. The fourth-order valence-corrected chi connectivity index (χ4v) is 4.02. The minimum absolute atomic E-state index is 0.0174. The minimum atomic E-state index is -2.61. The van der Waals surface area contributed by atoms with Gasteiger partial charge in [-0.25, -0.2) is 18.2 Å². The van der Waals surface area contributed by atoms with Gasteiger partial charge < -0.3 is 19.1 Å². The Kier molecular flexibility index (Phi) is 5.77. The molecule has 8 heteroatoms. The molecule has 31 heavy (non-hydrogen) atoms. The highest BCUT2D eigenvalue weighted by Crippen LogP contribution is 2.33. The number of aliphatic hydroxyl groups is 1. The predicted octanol–water partition coefficient (Wildman–Crippen LogP) is 4.79. The van der Waals surface area contributed by atoms with Gasteiger partial charge >= 0.3 is 0 Å². The molecule has 0 spiro atoms. The average Bonchev–Trinajstić information content (AvgIpc) is 3.06. The first-order chi connectivity index (χ1) is 14.7. The quantitative estimate of drug-likeness (QED) is 0.591. The lowest BCUT2D eigenvalue weighted by Crippen LogP contribution is -2.41. The number of benzene rings is 1. The standard InChI is InChI=1S/C23H24F3N3O2/c1-13-8-18(14(2)30)19(24)11-17(13)22-20(10-16-12-28(3)6-7-31-16)29-5-4-15(23(25)26)9-21(29)27-22/h4-5,8-9,11,16,23,30H,2,6-7,10,12H2,1,3H3. The van der Waals surface area contributed by atoms with Gasteiger partial charge in [0.25, 0.3) is 6.43 Å². The molecule has 0 aliphatic carbocycles. The van der Waals surface area contributed by atoms with Gasteiger partial charge in [0.05, 0.1) is 29.7 Å². The Labute approximate surface area is 178 Å². The van der Waals surface area contributed by atoms with Crippen molar-refractivity contribution in [3.8, 4) is 11.3 Å². The molecule has 0 bridgehead atoms. The Morgan fingerprint density at radius 2 is 2.13 bits per heavy atom. The SMILES string of the molecule is C=C(O)c1cc(C)c(-c2nc3cc(C(F)F)ccn3c2CC2CN(C)CCO2)cc1F. The summed E-state index contributed by atoms with van der Waals surface area (Å²) < 4.78 is 48.8. The van der Waals surface area contributed by atoms with Gasteiger partial charge in [0.15, 0.2) is 0 Å². The van der Waals surface area contributed by atoms with Crippen LogP contribution in [0.15, 0.2) is 37.0 Å². The number of rotatable bonds is 5. The van der Waals surface area contributed by atoms with E-state index in [2.05, 4.69) is 16.5 Å². The van der Waals surface area contributed by atoms with Gasteiger partial charge in [-0.15, -0.1) is 0 Å². The molecule has 0 saturated carbocycles. The number of halogens is 3. The summed E-state index contributed by atoms with van der Waals surface area (Å²) in [7, 11) is 2.01. The largest absolute Gasteiger partial charge is 0.508 e. The van der Waals surface area contributed by atoms with Gasteiger partial charge in [-0.3, -0.25) is 0 Å². The lowest BCUT2D eigenvalue weighted by atomic mass is 9.98. The summed E-state index contributed by atoms with van der Waals surface area (Å²) in [6.45, 7) is 7.34. The third-order valence-corrected chi connectivity index (χ3v) is 5.64. The maximum Gasteiger partial charge on any atom is 0.264 e. The zero-order chi connectivity index (χ0) is 22.3. The van der Waals surface area contributed by atoms with Crippen LogP contribution >= 0.6 is 0 Å². The van der Waals surface area contributed by atoms with Gasteiger partial charge in [-0.2, -0.15) is 0 Å². The van der Waals surface area contributed by atoms with Crippen LogP contribution in [-0.2, 0) is 11.2 Å². The Bertz CT molecular complexity index is 1140. The number of alkyl halides is 2. The van der Waals surface area contributed by atoms with E-state index in [-0.39, 0.29) is 23.0 Å². The first kappa shape index (κ1) is 21.4. The Balaban J connectivity index is 1.87. The van der Waals surface area contributed by atoms with Crippen LogP contribution in [0, 0.1) is 12.7 Å². The number of ether oxygens (including phenoxy) is 1. The molecule has 1 aliphatic heterocycles. The maximum atomic E-state index is 14.6. The lowest BCUT2D eigenvalue weighted by molar-refractivity contribution is -0.0190. The van der Waals surface area contributed by atoms with Crippen LogP contribution in [0.1, 0.15) is 28.8 Å². The number of aromatic nitrogens is 2. The number of likely N-dealkylation sites (N-methyl/N-ethyl adjacent to an activating group) is 1. The fourth-order valence-electron chi connectivity index (χ4n) is 4.02. The van der Waals surface area contributed by atoms with E-state index in [1.165, 1.54) is 24.3 Å². The van der Waals surface area contributed by atoms with Gasteiger partial charge in [0.2, 0.25) is 0 Å². The second kappa shape index (κ2) is 8.36. The Morgan fingerprint density at radius 3 is 2.81 bits per heavy atom. The molecule has 0 amide bonds. The third-order valence-electron chi connectivity index (χ3n) is 5.64. The van der Waals surface area contributed by atoms with Crippen molar-refractivity contribution < 1.29 is 23.0 Å². The second-order valence-corrected chi connectivity index (χ2v) is 7.95. The second-order valence-electron chi connectivity index (χ2n) is 7.95. The number of aryl methyl sites for hydroxylation is 1. The van der Waals surface area contributed by atoms with Crippen LogP contribution in [0.4, 0.5) is 13.2 Å². The average molecular weight is 431 g/mol. The topological polar surface area (TPSA) is 50.0 Å². The maximum absolute atomic E-state index is 14.6. The molecule has 4 rings (SSSR count). The molecule has 1 aliphatic rings. The highest BCUT2D eigenvalue weighted by atomic mass is 19.3. The summed E-state index contributed by atoms with van der Waals surface area (Å²) in [4.78, 5) is 6.76. The molecule has 3 aromatic rings. The molecule has 164 valence electrons. The molecule has 1 fully saturated rings. The third kappa shape index (κ3) is 4.18. The van der Waals surface area contributed by atoms with E-state index in [0.717, 1.165) is 18.8 Å². The van der Waals surface area contributed by atoms with Gasteiger partial charge in [-0.05, 0) is 43.8 Å². The molecule has 1 aromatic carbocycles. The minimum Gasteiger partial charge on any atom is -0.508 e. The van der Waals surface area contributed by atoms with Crippen LogP contribution in [0.25, 0.3) is 22.7 Å². The number of nitrogens with zero attached hydrogens (tertiary/aromatic N) is 3. The van der Waals surface area contributed by atoms with Crippen LogP contribution in [0.2, 0.25) is 0 Å². The number of aliphatic hydroxyl groups excluding tert-OH is 1. The molecule has 1 atom stereocenters. The molecule has 1 unspecified atom stereocenters. The van der Waals surface area contributed by atoms with Gasteiger partial charge in [0.1, 0.15) is 17.2 Å². The smallest absolute Gasteiger partial charge is 0.264 e. The monoisotopic (exact) mass is 431 g/mol. The first-order valence-corrected chi connectivity index (χ1v) is 10.0. The summed E-state index contributed by atoms with van der Waals surface area (Å²) >= 11 is 0. The highest BCUT2D eigenvalue weighted by Gasteiger charge is 2.25. The van der Waals surface area contributed by atoms with Crippen LogP contribution in [-0.4, -0.2) is 52.2 Å². The van der Waals surface area contributed by atoms with E-state index in [1.807, 2.05) is 7.05 Å². The Morgan fingerprint density at radius 1 is 1.35 bits per heavy atom. The van der Waals surface area contributed by atoms with Crippen molar-refractivity contribution >= 4 is 11.4 Å². The van der Waals surface area contributed by atoms with E-state index in [0.29, 0.717) is 35.5 Å². The Hall–Kier alpha value is -2.84. The van der Waals surface area contributed by atoms with Gasteiger partial charge in [-0.1, -0.05) is 6.58 Å². The summed E-state index contributed by atoms with van der Waals surface area (Å²) in [6.07, 6.45) is -0.651. The molecule has 3 heterocycles. The van der Waals surface area contributed by atoms with E-state index < -0.39 is 12.2 Å². The molecule has 5 nitrogen and oxygen atoms in total. The summed E-state index contributed by atoms with van der Waals surface area (Å²) in [6, 6.07) is 5.53. The molecular formula is C23H24F3N3O2. The summed E-state index contributed by atoms with van der Waals surface area (Å²) in [5.41, 5.74) is 2.74. The number of hydrogen-bond donors (Lipinski definition) is 1. The van der Waals surface area contributed by atoms with Gasteiger partial charge in [0, 0.05) is 36.8 Å². The van der Waals surface area contributed by atoms with E-state index in [4.69, 9.17) is 4.74 Å². The zero-order valence-corrected chi connectivity index (χ0v) is 17.4. The summed E-state index contributed by atoms with van der Waals surface area (Å²) in [5.74, 6) is -0.986. The van der Waals surface area contributed by atoms with E-state index in [9.17, 15) is 18.3 Å². The van der Waals surface area contributed by atoms with Crippen LogP contribution in [0.3, 0.4) is 0 Å². The van der Waals surface area contributed by atoms with Crippen molar-refractivity contribution in [1.29, 1.82) is 0 Å². The number of hydrogen-bond acceptors (Lipinski definition) is 4. The normalized spacial score (nSPS) is 17.5. The van der Waals surface area contributed by atoms with E-state index in [1.54, 1.807) is 17.5 Å².